The number of ether oxygens (including phenoxy) is 1. The molecule has 0 atom stereocenters. The molecule has 8 heteroatoms. The maximum Gasteiger partial charge on any atom is 0.410 e. The van der Waals surface area contributed by atoms with E-state index in [1.165, 1.54) is 0 Å². The molecule has 0 saturated heterocycles. The Morgan fingerprint density at radius 2 is 1.20 bits per heavy atom. The Labute approximate surface area is 110 Å². The average Bonchev–Trinajstić information content (AvgIpc) is 2.18. The van der Waals surface area contributed by atoms with E-state index in [4.69, 9.17) is 63.7 Å². The second-order valence-corrected chi connectivity index (χ2v) is 4.21. The van der Waals surface area contributed by atoms with E-state index >= 15 is 0 Å². The normalized spacial score (nSPS) is 10.2. The summed E-state index contributed by atoms with van der Waals surface area (Å²) in [6.07, 6.45) is -1.09. The van der Waals surface area contributed by atoms with Gasteiger partial charge in [-0.25, -0.2) is 4.79 Å². The van der Waals surface area contributed by atoms with E-state index in [0.717, 1.165) is 0 Å². The summed E-state index contributed by atoms with van der Waals surface area (Å²) < 4.78 is 4.54. The van der Waals surface area contributed by atoms with Crippen LogP contribution in [0.2, 0.25) is 25.1 Å². The number of hydrogen-bond acceptors (Lipinski definition) is 2. The highest BCUT2D eigenvalue weighted by atomic mass is 35.5. The number of amides is 1. The van der Waals surface area contributed by atoms with Crippen molar-refractivity contribution in [3.8, 4) is 5.75 Å². The largest absolute Gasteiger partial charge is 0.410 e. The van der Waals surface area contributed by atoms with Crippen LogP contribution < -0.4 is 10.5 Å². The van der Waals surface area contributed by atoms with Crippen LogP contribution in [0.25, 0.3) is 0 Å². The highest BCUT2D eigenvalue weighted by molar-refractivity contribution is 6.55. The maximum atomic E-state index is 10.5. The summed E-state index contributed by atoms with van der Waals surface area (Å²) in [4.78, 5) is 10.5. The molecular formula is C7H2Cl5NO2. The van der Waals surface area contributed by atoms with Crippen molar-refractivity contribution < 1.29 is 9.53 Å². The van der Waals surface area contributed by atoms with Crippen molar-refractivity contribution in [1.29, 1.82) is 0 Å². The monoisotopic (exact) mass is 307 g/mol. The number of benzene rings is 1. The minimum Gasteiger partial charge on any atom is -0.407 e. The van der Waals surface area contributed by atoms with Crippen LogP contribution in [-0.4, -0.2) is 6.09 Å². The summed E-state index contributed by atoms with van der Waals surface area (Å²) in [5, 5.41) is -0.414. The lowest BCUT2D eigenvalue weighted by atomic mass is 10.3. The van der Waals surface area contributed by atoms with Gasteiger partial charge in [-0.15, -0.1) is 0 Å². The van der Waals surface area contributed by atoms with Crippen LogP contribution in [0.15, 0.2) is 0 Å². The molecule has 2 N–H and O–H groups in total. The van der Waals surface area contributed by atoms with Crippen LogP contribution in [0.1, 0.15) is 0 Å². The molecule has 82 valence electrons. The molecule has 0 aliphatic carbocycles. The number of carbonyl (C=O) groups is 1. The second kappa shape index (κ2) is 4.85. The van der Waals surface area contributed by atoms with Crippen molar-refractivity contribution in [2.45, 2.75) is 0 Å². The van der Waals surface area contributed by atoms with Crippen molar-refractivity contribution in [3.05, 3.63) is 25.1 Å². The molecule has 0 radical (unpaired) electrons. The van der Waals surface area contributed by atoms with E-state index in [1.54, 1.807) is 0 Å². The molecule has 0 heterocycles. The highest BCUT2D eigenvalue weighted by Crippen LogP contribution is 2.48. The number of rotatable bonds is 1. The van der Waals surface area contributed by atoms with E-state index in [0.29, 0.717) is 0 Å². The van der Waals surface area contributed by atoms with E-state index in [2.05, 4.69) is 4.74 Å². The molecule has 0 aliphatic rings. The topological polar surface area (TPSA) is 52.3 Å². The summed E-state index contributed by atoms with van der Waals surface area (Å²) in [6, 6.07) is 0. The lowest BCUT2D eigenvalue weighted by Crippen LogP contribution is -2.16. The SMILES string of the molecule is NC(=O)Oc1c(Cl)c(Cl)c(Cl)c(Cl)c1Cl. The fourth-order valence-corrected chi connectivity index (χ4v) is 1.97. The van der Waals surface area contributed by atoms with E-state index in [1.807, 2.05) is 0 Å². The van der Waals surface area contributed by atoms with Gasteiger partial charge in [0.25, 0.3) is 0 Å². The molecule has 0 aromatic heterocycles. The van der Waals surface area contributed by atoms with Crippen LogP contribution in [0.3, 0.4) is 0 Å². The Morgan fingerprint density at radius 3 is 1.53 bits per heavy atom. The van der Waals surface area contributed by atoms with Gasteiger partial charge in [-0.3, -0.25) is 0 Å². The fourth-order valence-electron chi connectivity index (χ4n) is 0.775. The molecule has 3 nitrogen and oxygen atoms in total. The summed E-state index contributed by atoms with van der Waals surface area (Å²) in [6.45, 7) is 0. The fraction of sp³-hybridized carbons (Fsp3) is 0. The Hall–Kier alpha value is -0.0600. The molecule has 0 bridgehead atoms. The molecule has 0 aliphatic heterocycles. The maximum absolute atomic E-state index is 10.5. The van der Waals surface area contributed by atoms with Crippen LogP contribution in [0, 0.1) is 0 Å². The number of primary amides is 1. The van der Waals surface area contributed by atoms with Crippen molar-refractivity contribution in [1.82, 2.24) is 0 Å². The molecule has 1 aromatic rings. The van der Waals surface area contributed by atoms with Gasteiger partial charge in [-0.2, -0.15) is 0 Å². The second-order valence-electron chi connectivity index (χ2n) is 2.32. The van der Waals surface area contributed by atoms with Gasteiger partial charge in [0.1, 0.15) is 10.0 Å². The standard InChI is InChI=1S/C7H2Cl5NO2/c8-1-2(9)4(11)6(15-7(13)14)5(12)3(1)10/h(H2,13,14). The summed E-state index contributed by atoms with van der Waals surface area (Å²) in [7, 11) is 0. The van der Waals surface area contributed by atoms with Gasteiger partial charge in [0.15, 0.2) is 5.75 Å². The zero-order chi connectivity index (χ0) is 11.7. The zero-order valence-corrected chi connectivity index (χ0v) is 10.6. The van der Waals surface area contributed by atoms with Crippen molar-refractivity contribution in [2.75, 3.05) is 0 Å². The van der Waals surface area contributed by atoms with Crippen molar-refractivity contribution >= 4 is 64.1 Å². The van der Waals surface area contributed by atoms with Crippen LogP contribution in [-0.2, 0) is 0 Å². The first kappa shape index (κ1) is 13.0. The van der Waals surface area contributed by atoms with E-state index < -0.39 is 6.09 Å². The summed E-state index contributed by atoms with van der Waals surface area (Å²) >= 11 is 28.6. The van der Waals surface area contributed by atoms with Crippen molar-refractivity contribution in [3.63, 3.8) is 0 Å². The van der Waals surface area contributed by atoms with Crippen LogP contribution in [0.5, 0.6) is 5.75 Å². The Kier molecular flexibility index (Phi) is 4.20. The molecule has 0 spiro atoms. The molecule has 1 aromatic carbocycles. The molecule has 15 heavy (non-hydrogen) atoms. The van der Waals surface area contributed by atoms with Crippen LogP contribution in [0.4, 0.5) is 4.79 Å². The van der Waals surface area contributed by atoms with Gasteiger partial charge in [0.05, 0.1) is 15.1 Å². The quantitative estimate of drug-likeness (QED) is 0.617. The lowest BCUT2D eigenvalue weighted by molar-refractivity contribution is 0.211. The third kappa shape index (κ3) is 2.55. The molecule has 0 unspecified atom stereocenters. The van der Waals surface area contributed by atoms with Gasteiger partial charge >= 0.3 is 6.09 Å². The van der Waals surface area contributed by atoms with E-state index in [9.17, 15) is 4.79 Å². The minimum absolute atomic E-state index is 0.0230. The predicted molar refractivity (Wildman–Crippen MR) is 61.7 cm³/mol. The highest BCUT2D eigenvalue weighted by Gasteiger charge is 2.21. The lowest BCUT2D eigenvalue weighted by Gasteiger charge is -2.10. The van der Waals surface area contributed by atoms with Gasteiger partial charge in [0, 0.05) is 0 Å². The van der Waals surface area contributed by atoms with Crippen LogP contribution >= 0.6 is 58.0 Å². The first-order valence-corrected chi connectivity index (χ1v) is 5.24. The van der Waals surface area contributed by atoms with Gasteiger partial charge in [-0.05, 0) is 0 Å². The Balaban J connectivity index is 3.45. The molecule has 0 saturated carbocycles. The van der Waals surface area contributed by atoms with Gasteiger partial charge in [-0.1, -0.05) is 58.0 Å². The number of carbonyl (C=O) groups excluding carboxylic acids is 1. The first-order valence-electron chi connectivity index (χ1n) is 3.35. The van der Waals surface area contributed by atoms with E-state index in [-0.39, 0.29) is 30.9 Å². The number of nitrogens with two attached hydrogens (primary N) is 1. The molecule has 0 fully saturated rings. The summed E-state index contributed by atoms with van der Waals surface area (Å²) in [5.74, 6) is -0.217. The Morgan fingerprint density at radius 1 is 0.867 bits per heavy atom. The molecule has 1 rings (SSSR count). The average molecular weight is 309 g/mol. The minimum atomic E-state index is -1.09. The third-order valence-electron chi connectivity index (χ3n) is 1.37. The predicted octanol–water partition coefficient (Wildman–Crippen LogP) is 4.41. The Bertz CT molecular complexity index is 405. The molecule has 1 amide bonds. The summed E-state index contributed by atoms with van der Waals surface area (Å²) in [5.41, 5.74) is 4.80. The third-order valence-corrected chi connectivity index (χ3v) is 3.61. The van der Waals surface area contributed by atoms with Gasteiger partial charge < -0.3 is 10.5 Å². The number of halogens is 5. The zero-order valence-electron chi connectivity index (χ0n) is 6.78. The van der Waals surface area contributed by atoms with Gasteiger partial charge in [0.2, 0.25) is 0 Å². The molecular weight excluding hydrogens is 307 g/mol. The number of hydrogen-bond donors (Lipinski definition) is 1. The first-order chi connectivity index (χ1) is 6.86. The van der Waals surface area contributed by atoms with Crippen molar-refractivity contribution in [2.24, 2.45) is 5.73 Å². The smallest absolute Gasteiger partial charge is 0.407 e.